The van der Waals surface area contributed by atoms with Crippen LogP contribution in [0.4, 0.5) is 21.6 Å². The Labute approximate surface area is 413 Å². The first kappa shape index (κ1) is 50.0. The number of methoxy groups -OCH3 is 1. The lowest BCUT2D eigenvalue weighted by Gasteiger charge is -2.58. The Morgan fingerprint density at radius 3 is 2.51 bits per heavy atom. The van der Waals surface area contributed by atoms with Gasteiger partial charge in [0.1, 0.15) is 22.1 Å². The lowest BCUT2D eigenvalue weighted by Crippen LogP contribution is -2.60. The fraction of sp³-hybridized carbons (Fsp3) is 0.510. The number of piperidine rings is 1. The second kappa shape index (κ2) is 20.3. The summed E-state index contributed by atoms with van der Waals surface area (Å²) < 4.78 is 56.4. The molecule has 4 fully saturated rings. The molecule has 71 heavy (non-hydrogen) atoms. The number of amides is 1. The number of nitrogens with two attached hydrogens (primary N) is 1. The van der Waals surface area contributed by atoms with Crippen LogP contribution in [0.3, 0.4) is 0 Å². The van der Waals surface area contributed by atoms with Crippen molar-refractivity contribution in [3.8, 4) is 17.4 Å². The minimum absolute atomic E-state index is 0.0126. The summed E-state index contributed by atoms with van der Waals surface area (Å²) in [4.78, 5) is 43.7. The Balaban J connectivity index is 0.929. The van der Waals surface area contributed by atoms with Gasteiger partial charge in [0.15, 0.2) is 5.75 Å². The maximum absolute atomic E-state index is 14.9. The number of anilines is 2. The number of hydrogen-bond donors (Lipinski definition) is 5. The molecule has 18 nitrogen and oxygen atoms in total. The Hall–Kier alpha value is -5.93. The molecule has 0 bridgehead atoms. The van der Waals surface area contributed by atoms with Crippen LogP contribution in [0.25, 0.3) is 11.0 Å². The van der Waals surface area contributed by atoms with Crippen molar-refractivity contribution >= 4 is 44.2 Å². The number of sulfonamides is 1. The van der Waals surface area contributed by atoms with Gasteiger partial charge in [-0.05, 0) is 98.8 Å². The molecule has 2 aromatic carbocycles. The monoisotopic (exact) mass is 996 g/mol. The number of hydrogen-bond acceptors (Lipinski definition) is 15. The van der Waals surface area contributed by atoms with Crippen molar-refractivity contribution in [3.05, 3.63) is 99.6 Å². The van der Waals surface area contributed by atoms with Crippen LogP contribution in [0.2, 0.25) is 0 Å². The molecule has 20 heteroatoms. The second-order valence-corrected chi connectivity index (χ2v) is 22.2. The van der Waals surface area contributed by atoms with Crippen molar-refractivity contribution in [1.82, 2.24) is 29.5 Å². The molecule has 1 atom stereocenters. The number of nitro groups is 1. The quantitative estimate of drug-likeness (QED) is 0.0477. The zero-order chi connectivity index (χ0) is 50.2. The zero-order valence-electron chi connectivity index (χ0n) is 40.8. The minimum atomic E-state index is -4.73. The first-order valence-corrected chi connectivity index (χ1v) is 26.2. The van der Waals surface area contributed by atoms with E-state index in [0.29, 0.717) is 56.8 Å². The van der Waals surface area contributed by atoms with E-state index in [1.807, 2.05) is 0 Å². The molecule has 2 saturated heterocycles. The van der Waals surface area contributed by atoms with E-state index in [4.69, 9.17) is 15.2 Å². The maximum Gasteiger partial charge on any atom is 0.312 e. The summed E-state index contributed by atoms with van der Waals surface area (Å²) >= 11 is 0. The summed E-state index contributed by atoms with van der Waals surface area (Å²) in [5.74, 6) is -1.32. The molecule has 5 aromatic rings. The molecule has 0 unspecified atom stereocenters. The van der Waals surface area contributed by atoms with E-state index in [1.54, 1.807) is 19.1 Å². The van der Waals surface area contributed by atoms with E-state index in [1.165, 1.54) is 30.4 Å². The van der Waals surface area contributed by atoms with Crippen LogP contribution in [0, 0.1) is 27.3 Å². The number of aromatic amines is 1. The van der Waals surface area contributed by atoms with Gasteiger partial charge in [-0.1, -0.05) is 38.1 Å². The maximum atomic E-state index is 14.9. The summed E-state index contributed by atoms with van der Waals surface area (Å²) in [6.07, 6.45) is 8.84. The van der Waals surface area contributed by atoms with E-state index >= 15 is 0 Å². The first-order chi connectivity index (χ1) is 33.9. The smallest absolute Gasteiger partial charge is 0.312 e. The van der Waals surface area contributed by atoms with Crippen LogP contribution in [-0.2, 0) is 10.0 Å². The Morgan fingerprint density at radius 1 is 1.06 bits per heavy atom. The third kappa shape index (κ3) is 10.7. The number of nitrogens with one attached hydrogen (secondary N) is 3. The molecule has 4 aliphatic rings. The van der Waals surface area contributed by atoms with Crippen LogP contribution in [0.15, 0.2) is 71.9 Å². The number of nitrogens with zero attached hydrogens (tertiary/aromatic N) is 6. The predicted molar refractivity (Wildman–Crippen MR) is 268 cm³/mol. The first-order valence-electron chi connectivity index (χ1n) is 24.7. The predicted octanol–water partition coefficient (Wildman–Crippen LogP) is 7.47. The highest BCUT2D eigenvalue weighted by Crippen LogP contribution is 2.53. The number of H-pyrrole nitrogens is 1. The third-order valence-electron chi connectivity index (χ3n) is 15.4. The molecule has 380 valence electrons. The van der Waals surface area contributed by atoms with Crippen molar-refractivity contribution in [2.45, 2.75) is 101 Å². The number of carbonyl (C=O) groups excluding carboxylic acids is 1. The number of aliphatic hydroxyl groups is 1. The van der Waals surface area contributed by atoms with E-state index in [0.717, 1.165) is 89.1 Å². The number of carbonyl (C=O) groups is 1. The van der Waals surface area contributed by atoms with Crippen LogP contribution in [0.1, 0.15) is 106 Å². The average Bonchev–Trinajstić information content (AvgIpc) is 3.70. The van der Waals surface area contributed by atoms with Crippen LogP contribution >= 0.6 is 0 Å². The van der Waals surface area contributed by atoms with E-state index in [2.05, 4.69) is 77.8 Å². The summed E-state index contributed by atoms with van der Waals surface area (Å²) in [7, 11) is -3.36. The molecule has 1 spiro atoms. The number of fused-ring (bicyclic) bond motifs is 1. The van der Waals surface area contributed by atoms with Gasteiger partial charge in [0.2, 0.25) is 5.82 Å². The summed E-state index contributed by atoms with van der Waals surface area (Å²) in [5, 5.41) is 25.6. The zero-order valence-corrected chi connectivity index (χ0v) is 41.6. The summed E-state index contributed by atoms with van der Waals surface area (Å²) in [5.41, 5.74) is 8.45. The normalized spacial score (nSPS) is 22.1. The minimum Gasteiger partial charge on any atom is -0.478 e. The molecule has 3 aromatic heterocycles. The van der Waals surface area contributed by atoms with Gasteiger partial charge < -0.3 is 35.5 Å². The Kier molecular flexibility index (Phi) is 14.3. The third-order valence-corrected chi connectivity index (χ3v) is 16.7. The SMILES string of the molecule is COc1nc2[nH]cc(F)c2cc1Oc1cc(N2CCC3(CC2)CC(N2CCN(CCN)C[C@H]2c2ccccc2C(C)C)C3)ccc1C(=O)NS(=O)(=O)c1cnc(NCC2CCC(C)(O)CC2)c([N+](=O)[O-])c1. The van der Waals surface area contributed by atoms with E-state index in [9.17, 15) is 32.8 Å². The van der Waals surface area contributed by atoms with E-state index < -0.39 is 42.9 Å². The molecular weight excluding hydrogens is 932 g/mol. The average molecular weight is 997 g/mol. The fourth-order valence-electron chi connectivity index (χ4n) is 11.2. The molecule has 2 saturated carbocycles. The number of ether oxygens (including phenoxy) is 2. The number of pyridine rings is 2. The van der Waals surface area contributed by atoms with Crippen LogP contribution in [-0.4, -0.2) is 120 Å². The van der Waals surface area contributed by atoms with Crippen molar-refractivity contribution in [2.75, 3.05) is 69.7 Å². The van der Waals surface area contributed by atoms with Crippen LogP contribution < -0.4 is 30.1 Å². The number of aromatic nitrogens is 3. The fourth-order valence-corrected chi connectivity index (χ4v) is 12.2. The number of benzene rings is 2. The van der Waals surface area contributed by atoms with Crippen molar-refractivity contribution in [2.24, 2.45) is 17.1 Å². The second-order valence-electron chi connectivity index (χ2n) is 20.5. The molecule has 0 radical (unpaired) electrons. The molecular formula is C51H65FN10O8S. The topological polar surface area (TPSA) is 234 Å². The van der Waals surface area contributed by atoms with Gasteiger partial charge in [-0.3, -0.25) is 24.7 Å². The van der Waals surface area contributed by atoms with Crippen molar-refractivity contribution in [3.63, 3.8) is 0 Å². The van der Waals surface area contributed by atoms with Gasteiger partial charge >= 0.3 is 5.69 Å². The number of halogens is 1. The molecule has 6 N–H and O–H groups in total. The highest BCUT2D eigenvalue weighted by molar-refractivity contribution is 7.90. The molecule has 5 heterocycles. The molecule has 2 aliphatic heterocycles. The number of piperazine rings is 1. The summed E-state index contributed by atoms with van der Waals surface area (Å²) in [6.45, 7) is 12.6. The van der Waals surface area contributed by atoms with Gasteiger partial charge in [0.05, 0.1) is 34.8 Å². The molecule has 1 amide bonds. The van der Waals surface area contributed by atoms with Crippen molar-refractivity contribution in [1.29, 1.82) is 0 Å². The van der Waals surface area contributed by atoms with Gasteiger partial charge in [0, 0.05) is 94.5 Å². The van der Waals surface area contributed by atoms with Gasteiger partial charge in [-0.25, -0.2) is 22.5 Å². The summed E-state index contributed by atoms with van der Waals surface area (Å²) in [6, 6.07) is 16.7. The lowest BCUT2D eigenvalue weighted by molar-refractivity contribution is -0.384. The molecule has 2 aliphatic carbocycles. The Bertz CT molecular complexity index is 2870. The van der Waals surface area contributed by atoms with Crippen molar-refractivity contribution < 1.29 is 37.1 Å². The van der Waals surface area contributed by atoms with E-state index in [-0.39, 0.29) is 51.1 Å². The highest BCUT2D eigenvalue weighted by atomic mass is 32.2. The largest absolute Gasteiger partial charge is 0.478 e. The lowest BCUT2D eigenvalue weighted by atomic mass is 9.59. The number of rotatable bonds is 16. The van der Waals surface area contributed by atoms with Gasteiger partial charge in [-0.2, -0.15) is 4.98 Å². The van der Waals surface area contributed by atoms with Gasteiger partial charge in [0.25, 0.3) is 21.8 Å². The standard InChI is InChI=1S/C51H65FN10O8S/c1-32(2)37-7-5-6-8-38(37)43-31-59(20-17-53)21-22-61(43)35-26-51(27-35)15-18-60(19-16-51)34-9-10-39(44(23-34)70-45-25-40-41(52)30-56-46(40)57-49(45)69-4)48(63)58-71(67,68)36-24-42(62(65)66)47(55-29-36)54-28-33-11-13-50(3,64)14-12-33/h5-10,23-25,29-30,32-33,35,43,64H,11-22,26-28,31,53H2,1-4H3,(H,54,55)(H,56,57)(H,58,63)/t33?,43-,50?/m0/s1. The van der Waals surface area contributed by atoms with Gasteiger partial charge in [-0.15, -0.1) is 0 Å². The van der Waals surface area contributed by atoms with Crippen LogP contribution in [0.5, 0.6) is 17.4 Å². The molecule has 9 rings (SSSR count). The highest BCUT2D eigenvalue weighted by Gasteiger charge is 2.50. The Morgan fingerprint density at radius 2 is 1.80 bits per heavy atom.